The van der Waals surface area contributed by atoms with Crippen molar-refractivity contribution in [3.8, 4) is 0 Å². The Kier molecular flexibility index (Phi) is 6.71. The molecule has 0 aliphatic carbocycles. The first-order valence-electron chi connectivity index (χ1n) is 12.0. The van der Waals surface area contributed by atoms with E-state index in [2.05, 4.69) is 69.2 Å². The van der Waals surface area contributed by atoms with E-state index < -0.39 is 5.79 Å². The second-order valence-corrected chi connectivity index (χ2v) is 20.2. The van der Waals surface area contributed by atoms with Crippen LogP contribution in [-0.2, 0) is 9.47 Å². The molecule has 0 aromatic heterocycles. The molecule has 0 aromatic carbocycles. The average molecular weight is 443 g/mol. The minimum atomic E-state index is -0.436. The fourth-order valence-corrected chi connectivity index (χ4v) is 15.0. The van der Waals surface area contributed by atoms with Gasteiger partial charge in [0.2, 0.25) is 0 Å². The van der Waals surface area contributed by atoms with Crippen LogP contribution in [0.15, 0.2) is 0 Å². The van der Waals surface area contributed by atoms with E-state index in [0.29, 0.717) is 20.6 Å². The van der Waals surface area contributed by atoms with Crippen molar-refractivity contribution >= 4 is 15.8 Å². The molecule has 170 valence electrons. The van der Waals surface area contributed by atoms with E-state index in [-0.39, 0.29) is 28.1 Å². The van der Waals surface area contributed by atoms with Gasteiger partial charge in [-0.15, -0.1) is 0 Å². The monoisotopic (exact) mass is 442 g/mol. The molecule has 3 fully saturated rings. The standard InChI is InChI=1S/C25H48O2P2/c1-21(2)13-11-14-22(3,4)28(21)17-19-20(27-25(9,10)26-19)18-29-23(5,6)15-12-16-24(29,7)8/h19-20H,11-18H2,1-10H3/t19-,20-/m0/s1. The summed E-state index contributed by atoms with van der Waals surface area (Å²) in [6.07, 6.45) is 11.2. The molecule has 3 rings (SSSR count). The lowest BCUT2D eigenvalue weighted by atomic mass is 9.98. The van der Waals surface area contributed by atoms with E-state index in [0.717, 1.165) is 0 Å². The SMILES string of the molecule is CC1(C)O[C@@H](CP2C(C)(C)CCCC2(C)C)[C@H](CP2C(C)(C)CCCC2(C)C)O1. The smallest absolute Gasteiger partial charge is 0.163 e. The Morgan fingerprint density at radius 2 is 0.828 bits per heavy atom. The van der Waals surface area contributed by atoms with Crippen LogP contribution in [0.1, 0.15) is 108 Å². The molecule has 3 aliphatic rings. The quantitative estimate of drug-likeness (QED) is 0.411. The van der Waals surface area contributed by atoms with Gasteiger partial charge < -0.3 is 9.47 Å². The van der Waals surface area contributed by atoms with E-state index in [1.807, 2.05) is 0 Å². The van der Waals surface area contributed by atoms with Crippen LogP contribution in [0.3, 0.4) is 0 Å². The molecular formula is C25H48O2P2. The van der Waals surface area contributed by atoms with Gasteiger partial charge in [0, 0.05) is 0 Å². The van der Waals surface area contributed by atoms with Crippen LogP contribution in [0.2, 0.25) is 0 Å². The van der Waals surface area contributed by atoms with Gasteiger partial charge in [-0.1, -0.05) is 84.1 Å². The maximum absolute atomic E-state index is 6.63. The second-order valence-electron chi connectivity index (χ2n) is 12.9. The summed E-state index contributed by atoms with van der Waals surface area (Å²) in [5.41, 5.74) is 0. The van der Waals surface area contributed by atoms with Crippen molar-refractivity contribution in [1.82, 2.24) is 0 Å². The van der Waals surface area contributed by atoms with Gasteiger partial charge in [0.05, 0.1) is 12.2 Å². The minimum Gasteiger partial charge on any atom is -0.344 e. The van der Waals surface area contributed by atoms with Gasteiger partial charge in [-0.3, -0.25) is 0 Å². The highest BCUT2D eigenvalue weighted by atomic mass is 31.1. The van der Waals surface area contributed by atoms with Gasteiger partial charge in [-0.2, -0.15) is 0 Å². The zero-order valence-corrected chi connectivity index (χ0v) is 22.8. The molecule has 0 aromatic rings. The van der Waals surface area contributed by atoms with Crippen molar-refractivity contribution in [1.29, 1.82) is 0 Å². The summed E-state index contributed by atoms with van der Waals surface area (Å²) in [5.74, 6) is -0.436. The van der Waals surface area contributed by atoms with Gasteiger partial charge in [0.1, 0.15) is 0 Å². The molecule has 0 saturated carbocycles. The van der Waals surface area contributed by atoms with E-state index in [4.69, 9.17) is 9.47 Å². The normalized spacial score (nSPS) is 36.2. The van der Waals surface area contributed by atoms with Crippen LogP contribution in [-0.4, -0.2) is 50.9 Å². The maximum Gasteiger partial charge on any atom is 0.163 e. The predicted molar refractivity (Wildman–Crippen MR) is 131 cm³/mol. The third-order valence-corrected chi connectivity index (χ3v) is 16.3. The highest BCUT2D eigenvalue weighted by Gasteiger charge is 2.52. The van der Waals surface area contributed by atoms with Crippen molar-refractivity contribution in [2.45, 2.75) is 146 Å². The Morgan fingerprint density at radius 1 is 0.552 bits per heavy atom. The molecule has 4 heteroatoms. The Labute approximate surface area is 184 Å². The fourth-order valence-electron chi connectivity index (χ4n) is 6.65. The van der Waals surface area contributed by atoms with Crippen molar-refractivity contribution in [2.75, 3.05) is 12.3 Å². The predicted octanol–water partition coefficient (Wildman–Crippen LogP) is 7.95. The average Bonchev–Trinajstić information content (AvgIpc) is 2.80. The third kappa shape index (κ3) is 5.24. The minimum absolute atomic E-state index is 0.106. The van der Waals surface area contributed by atoms with Crippen LogP contribution in [0.25, 0.3) is 0 Å². The Balaban J connectivity index is 1.82. The van der Waals surface area contributed by atoms with Gasteiger partial charge in [-0.05, 0) is 72.5 Å². The Bertz CT molecular complexity index is 512. The molecule has 3 saturated heterocycles. The molecule has 0 radical (unpaired) electrons. The van der Waals surface area contributed by atoms with Gasteiger partial charge >= 0.3 is 0 Å². The highest BCUT2D eigenvalue weighted by Crippen LogP contribution is 2.69. The van der Waals surface area contributed by atoms with Crippen LogP contribution in [0, 0.1) is 0 Å². The number of hydrogen-bond acceptors (Lipinski definition) is 2. The molecule has 29 heavy (non-hydrogen) atoms. The third-order valence-electron chi connectivity index (χ3n) is 8.09. The summed E-state index contributed by atoms with van der Waals surface area (Å²) >= 11 is 0. The van der Waals surface area contributed by atoms with Gasteiger partial charge in [0.15, 0.2) is 5.79 Å². The van der Waals surface area contributed by atoms with Gasteiger partial charge in [-0.25, -0.2) is 0 Å². The van der Waals surface area contributed by atoms with Crippen molar-refractivity contribution in [3.05, 3.63) is 0 Å². The lowest BCUT2D eigenvalue weighted by Gasteiger charge is -2.52. The zero-order valence-electron chi connectivity index (χ0n) is 21.0. The van der Waals surface area contributed by atoms with E-state index in [1.54, 1.807) is 0 Å². The topological polar surface area (TPSA) is 18.5 Å². The van der Waals surface area contributed by atoms with E-state index in [9.17, 15) is 0 Å². The van der Waals surface area contributed by atoms with Crippen molar-refractivity contribution in [2.24, 2.45) is 0 Å². The van der Waals surface area contributed by atoms with Crippen LogP contribution >= 0.6 is 15.8 Å². The Hall–Kier alpha value is 0.780. The summed E-state index contributed by atoms with van der Waals surface area (Å²) in [6.45, 7) is 24.4. The Morgan fingerprint density at radius 3 is 1.10 bits per heavy atom. The summed E-state index contributed by atoms with van der Waals surface area (Å²) in [6, 6.07) is 0. The van der Waals surface area contributed by atoms with Crippen molar-refractivity contribution < 1.29 is 9.47 Å². The molecule has 2 atom stereocenters. The van der Waals surface area contributed by atoms with Gasteiger partial charge in [0.25, 0.3) is 0 Å². The number of ether oxygens (including phenoxy) is 2. The molecule has 0 amide bonds. The largest absolute Gasteiger partial charge is 0.344 e. The highest BCUT2D eigenvalue weighted by molar-refractivity contribution is 7.61. The molecule has 0 bridgehead atoms. The lowest BCUT2D eigenvalue weighted by Crippen LogP contribution is -2.43. The molecule has 0 spiro atoms. The maximum atomic E-state index is 6.63. The first kappa shape index (κ1) is 24.4. The van der Waals surface area contributed by atoms with Crippen LogP contribution in [0.4, 0.5) is 0 Å². The first-order valence-corrected chi connectivity index (χ1v) is 15.0. The second kappa shape index (κ2) is 7.97. The van der Waals surface area contributed by atoms with Crippen molar-refractivity contribution in [3.63, 3.8) is 0 Å². The molecular weight excluding hydrogens is 394 g/mol. The summed E-state index contributed by atoms with van der Waals surface area (Å²) in [4.78, 5) is 0. The molecule has 3 heterocycles. The molecule has 0 unspecified atom stereocenters. The van der Waals surface area contributed by atoms with E-state index >= 15 is 0 Å². The fraction of sp³-hybridized carbons (Fsp3) is 1.00. The lowest BCUT2D eigenvalue weighted by molar-refractivity contribution is -0.142. The van der Waals surface area contributed by atoms with Crippen LogP contribution < -0.4 is 0 Å². The number of hydrogen-bond donors (Lipinski definition) is 0. The van der Waals surface area contributed by atoms with E-state index in [1.165, 1.54) is 50.8 Å². The molecule has 3 aliphatic heterocycles. The van der Waals surface area contributed by atoms with Crippen LogP contribution in [0.5, 0.6) is 0 Å². The first-order chi connectivity index (χ1) is 13.1. The zero-order chi connectivity index (χ0) is 21.9. The summed E-state index contributed by atoms with van der Waals surface area (Å²) in [5, 5.41) is 1.80. The summed E-state index contributed by atoms with van der Waals surface area (Å²) in [7, 11) is -0.212. The number of rotatable bonds is 4. The summed E-state index contributed by atoms with van der Waals surface area (Å²) < 4.78 is 13.3. The molecule has 0 N–H and O–H groups in total. The molecule has 2 nitrogen and oxygen atoms in total.